The lowest BCUT2D eigenvalue weighted by Crippen LogP contribution is -2.42. The van der Waals surface area contributed by atoms with Crippen LogP contribution in [0.25, 0.3) is 11.2 Å². The summed E-state index contributed by atoms with van der Waals surface area (Å²) in [6.45, 7) is 0.565. The van der Waals surface area contributed by atoms with Crippen molar-refractivity contribution >= 4 is 41.6 Å². The minimum atomic E-state index is -1.27. The first-order valence-corrected chi connectivity index (χ1v) is 11.7. The number of carboxylic acid groups (broad SMARTS) is 1. The number of rotatable bonds is 13. The Kier molecular flexibility index (Phi) is 9.59. The van der Waals surface area contributed by atoms with Crippen LogP contribution in [0.2, 0.25) is 0 Å². The maximum atomic E-state index is 11.7. The van der Waals surface area contributed by atoms with Crippen LogP contribution in [-0.4, -0.2) is 95.9 Å². The predicted molar refractivity (Wildman–Crippen MR) is 126 cm³/mol. The molecule has 8 N–H and O–H groups in total. The zero-order chi connectivity index (χ0) is 25.5. The Balaban J connectivity index is 1.45. The van der Waals surface area contributed by atoms with Gasteiger partial charge in [0, 0.05) is 13.1 Å². The van der Waals surface area contributed by atoms with Crippen molar-refractivity contribution in [2.45, 2.75) is 67.7 Å². The van der Waals surface area contributed by atoms with Gasteiger partial charge in [0.25, 0.3) is 0 Å². The molecule has 15 heteroatoms. The number of nitrogens with one attached hydrogen (secondary N) is 2. The first-order valence-electron chi connectivity index (χ1n) is 11.3. The van der Waals surface area contributed by atoms with Gasteiger partial charge in [-0.05, 0) is 12.8 Å². The number of hydrogen-bond donors (Lipinski definition) is 8. The second kappa shape index (κ2) is 12.4. The summed E-state index contributed by atoms with van der Waals surface area (Å²) < 4.78 is 7.04. The summed E-state index contributed by atoms with van der Waals surface area (Å²) in [4.78, 5) is 35.2. The number of imidazole rings is 1. The normalized spacial score (nSPS) is 22.9. The summed E-state index contributed by atoms with van der Waals surface area (Å²) in [5, 5.41) is 44.4. The van der Waals surface area contributed by atoms with Crippen LogP contribution in [0.3, 0.4) is 0 Å². The van der Waals surface area contributed by atoms with Crippen molar-refractivity contribution in [2.24, 2.45) is 5.73 Å². The number of anilines is 1. The van der Waals surface area contributed by atoms with Gasteiger partial charge in [0.1, 0.15) is 28.9 Å². The monoisotopic (exact) mass is 513 g/mol. The van der Waals surface area contributed by atoms with E-state index in [0.717, 1.165) is 25.7 Å². The number of carbonyl (C=O) groups excluding carboxylic acids is 1. The molecule has 0 bridgehead atoms. The lowest BCUT2D eigenvalue weighted by molar-refractivity contribution is -0.139. The molecule has 14 nitrogen and oxygen atoms in total. The van der Waals surface area contributed by atoms with Crippen LogP contribution in [0.1, 0.15) is 38.3 Å². The minimum absolute atomic E-state index is 0.315. The highest BCUT2D eigenvalue weighted by Gasteiger charge is 2.44. The Bertz CT molecular complexity index is 1020. The smallest absolute Gasteiger partial charge is 0.305 e. The van der Waals surface area contributed by atoms with Gasteiger partial charge < -0.3 is 41.5 Å². The molecule has 194 valence electrons. The molecule has 1 amide bonds. The Labute approximate surface area is 206 Å². The fourth-order valence-corrected chi connectivity index (χ4v) is 3.96. The number of thiol groups is 1. The molecule has 0 saturated carbocycles. The van der Waals surface area contributed by atoms with Crippen LogP contribution in [0.4, 0.5) is 5.95 Å². The Morgan fingerprint density at radius 3 is 2.54 bits per heavy atom. The first-order chi connectivity index (χ1) is 16.7. The molecule has 1 fully saturated rings. The molecule has 0 aliphatic carbocycles. The first kappa shape index (κ1) is 27.0. The fraction of sp³-hybridized carbons (Fsp3) is 0.650. The molecule has 2 aromatic rings. The van der Waals surface area contributed by atoms with Crippen molar-refractivity contribution in [1.82, 2.24) is 24.8 Å². The Morgan fingerprint density at radius 1 is 1.17 bits per heavy atom. The predicted octanol–water partition coefficient (Wildman–Crippen LogP) is -1.38. The number of aliphatic hydroxyl groups excluding tert-OH is 3. The van der Waals surface area contributed by atoms with Crippen LogP contribution >= 0.6 is 12.6 Å². The summed E-state index contributed by atoms with van der Waals surface area (Å²) in [7, 11) is 0. The molecule has 0 spiro atoms. The number of aliphatic carboxylic acids is 1. The number of carboxylic acids is 1. The largest absolute Gasteiger partial charge is 0.481 e. The van der Waals surface area contributed by atoms with Gasteiger partial charge in [-0.25, -0.2) is 9.97 Å². The third-order valence-corrected chi connectivity index (χ3v) is 5.92. The number of fused-ring (bicyclic) bond motifs is 1. The number of amides is 1. The number of ether oxygens (including phenoxy) is 1. The SMILES string of the molecule is NC(CC(=O)O)C(=O)NCCCCCCNc1nc(S)c2ncn([C@@H]3O[C@H](CO)C(O)C3O)c2n1. The number of nitrogens with zero attached hydrogens (tertiary/aromatic N) is 4. The third kappa shape index (κ3) is 6.77. The molecule has 3 heterocycles. The summed E-state index contributed by atoms with van der Waals surface area (Å²) in [6, 6.07) is -1.05. The van der Waals surface area contributed by atoms with E-state index in [1.54, 1.807) is 0 Å². The van der Waals surface area contributed by atoms with Crippen molar-refractivity contribution in [3.8, 4) is 0 Å². The number of unbranched alkanes of at least 4 members (excludes halogenated alkanes) is 3. The van der Waals surface area contributed by atoms with Crippen molar-refractivity contribution in [3.05, 3.63) is 6.33 Å². The van der Waals surface area contributed by atoms with Crippen LogP contribution in [0.15, 0.2) is 11.4 Å². The number of carbonyl (C=O) groups is 2. The molecule has 1 aliphatic heterocycles. The van der Waals surface area contributed by atoms with Gasteiger partial charge in [0.2, 0.25) is 11.9 Å². The van der Waals surface area contributed by atoms with Gasteiger partial charge in [-0.3, -0.25) is 14.2 Å². The molecule has 0 aromatic carbocycles. The molecular weight excluding hydrogens is 482 g/mol. The molecular formula is C20H31N7O7S. The van der Waals surface area contributed by atoms with Gasteiger partial charge in [-0.2, -0.15) is 4.98 Å². The van der Waals surface area contributed by atoms with E-state index in [0.29, 0.717) is 35.2 Å². The summed E-state index contributed by atoms with van der Waals surface area (Å²) in [5.74, 6) is -1.27. The molecule has 0 radical (unpaired) electrons. The standard InChI is InChI=1S/C20H31N7O7S/c21-10(7-12(29)30)17(33)22-5-3-1-2-4-6-23-20-25-16-13(18(35)26-20)24-9-27(16)19-15(32)14(31)11(8-28)34-19/h9-11,14-15,19,28,31-32H,1-8,21H2,(H,22,33)(H,29,30)(H2,23,25,26,35)/t10?,11-,14?,15?,19-/m1/s1. The van der Waals surface area contributed by atoms with Gasteiger partial charge in [-0.15, -0.1) is 12.6 Å². The van der Waals surface area contributed by atoms with Crippen molar-refractivity contribution < 1.29 is 34.8 Å². The van der Waals surface area contributed by atoms with Gasteiger partial charge in [0.15, 0.2) is 11.9 Å². The topological polar surface area (TPSA) is 218 Å². The second-order valence-electron chi connectivity index (χ2n) is 8.26. The van der Waals surface area contributed by atoms with Gasteiger partial charge in [0.05, 0.1) is 25.4 Å². The van der Waals surface area contributed by atoms with E-state index in [4.69, 9.17) is 15.6 Å². The highest BCUT2D eigenvalue weighted by atomic mass is 32.1. The minimum Gasteiger partial charge on any atom is -0.481 e. The Morgan fingerprint density at radius 2 is 1.89 bits per heavy atom. The van der Waals surface area contributed by atoms with E-state index in [1.165, 1.54) is 10.9 Å². The highest BCUT2D eigenvalue weighted by Crippen LogP contribution is 2.32. The zero-order valence-corrected chi connectivity index (χ0v) is 19.8. The third-order valence-electron chi connectivity index (χ3n) is 5.61. The van der Waals surface area contributed by atoms with Crippen molar-refractivity contribution in [2.75, 3.05) is 25.0 Å². The van der Waals surface area contributed by atoms with E-state index in [2.05, 4.69) is 38.2 Å². The quantitative estimate of drug-likeness (QED) is 0.0882. The van der Waals surface area contributed by atoms with Crippen LogP contribution in [0, 0.1) is 0 Å². The van der Waals surface area contributed by atoms with E-state index >= 15 is 0 Å². The molecule has 1 aliphatic rings. The fourth-order valence-electron chi connectivity index (χ4n) is 3.70. The summed E-state index contributed by atoms with van der Waals surface area (Å²) >= 11 is 4.37. The average molecular weight is 514 g/mol. The summed E-state index contributed by atoms with van der Waals surface area (Å²) in [5.41, 5.74) is 6.26. The van der Waals surface area contributed by atoms with Crippen LogP contribution < -0.4 is 16.4 Å². The number of nitrogens with two attached hydrogens (primary N) is 1. The lowest BCUT2D eigenvalue weighted by atomic mass is 10.1. The molecule has 35 heavy (non-hydrogen) atoms. The van der Waals surface area contributed by atoms with Crippen LogP contribution in [-0.2, 0) is 14.3 Å². The maximum Gasteiger partial charge on any atom is 0.305 e. The van der Waals surface area contributed by atoms with E-state index in [-0.39, 0.29) is 0 Å². The highest BCUT2D eigenvalue weighted by molar-refractivity contribution is 7.80. The average Bonchev–Trinajstić information content (AvgIpc) is 3.36. The van der Waals surface area contributed by atoms with Gasteiger partial charge >= 0.3 is 5.97 Å². The number of hydrogen-bond acceptors (Lipinski definition) is 12. The maximum absolute atomic E-state index is 11.7. The second-order valence-corrected chi connectivity index (χ2v) is 8.68. The lowest BCUT2D eigenvalue weighted by Gasteiger charge is -2.16. The van der Waals surface area contributed by atoms with E-state index in [1.807, 2.05) is 0 Å². The summed E-state index contributed by atoms with van der Waals surface area (Å²) in [6.07, 6.45) is -0.118. The zero-order valence-electron chi connectivity index (χ0n) is 18.9. The molecule has 3 rings (SSSR count). The number of aliphatic hydroxyl groups is 3. The van der Waals surface area contributed by atoms with E-state index in [9.17, 15) is 24.9 Å². The molecule has 5 atom stereocenters. The van der Waals surface area contributed by atoms with E-state index < -0.39 is 55.5 Å². The Hall–Kier alpha value is -2.56. The van der Waals surface area contributed by atoms with Crippen molar-refractivity contribution in [3.63, 3.8) is 0 Å². The number of aromatic nitrogens is 4. The van der Waals surface area contributed by atoms with Gasteiger partial charge in [-0.1, -0.05) is 12.8 Å². The van der Waals surface area contributed by atoms with Crippen LogP contribution in [0.5, 0.6) is 0 Å². The molecule has 1 saturated heterocycles. The molecule has 2 aromatic heterocycles. The van der Waals surface area contributed by atoms with Crippen molar-refractivity contribution in [1.29, 1.82) is 0 Å². The molecule has 3 unspecified atom stereocenters.